The minimum Gasteiger partial charge on any atom is -0.383 e. The lowest BCUT2D eigenvalue weighted by Gasteiger charge is -2.26. The first-order valence-electron chi connectivity index (χ1n) is 6.64. The van der Waals surface area contributed by atoms with Gasteiger partial charge in [-0.3, -0.25) is 4.68 Å². The molecule has 0 spiro atoms. The zero-order chi connectivity index (χ0) is 14.1. The third-order valence-corrected chi connectivity index (χ3v) is 3.95. The fourth-order valence-corrected chi connectivity index (χ4v) is 2.99. The Morgan fingerprint density at radius 3 is 2.95 bits per heavy atom. The Hall–Kier alpha value is -1.82. The van der Waals surface area contributed by atoms with Gasteiger partial charge in [0.1, 0.15) is 12.0 Å². The molecule has 0 aromatic carbocycles. The van der Waals surface area contributed by atoms with E-state index in [2.05, 4.69) is 31.5 Å². The number of halogens is 1. The summed E-state index contributed by atoms with van der Waals surface area (Å²) in [7, 11) is 3.77. The van der Waals surface area contributed by atoms with Crippen LogP contribution in [0.2, 0.25) is 5.15 Å². The number of hydrogen-bond donors (Lipinski definition) is 1. The molecule has 0 saturated carbocycles. The Kier molecular flexibility index (Phi) is 3.48. The van der Waals surface area contributed by atoms with Crippen molar-refractivity contribution in [1.29, 1.82) is 0 Å². The predicted octanol–water partition coefficient (Wildman–Crippen LogP) is 2.25. The second-order valence-electron chi connectivity index (χ2n) is 4.91. The molecule has 2 aromatic rings. The molecule has 2 aromatic heterocycles. The molecule has 1 aliphatic rings. The maximum absolute atomic E-state index is 6.15. The van der Waals surface area contributed by atoms with Crippen LogP contribution >= 0.6 is 11.6 Å². The lowest BCUT2D eigenvalue weighted by atomic mass is 10.1. The molecule has 3 rings (SSSR count). The summed E-state index contributed by atoms with van der Waals surface area (Å²) >= 11 is 6.15. The second-order valence-corrected chi connectivity index (χ2v) is 5.27. The average Bonchev–Trinajstić information content (AvgIpc) is 3.06. The van der Waals surface area contributed by atoms with E-state index in [0.29, 0.717) is 11.2 Å². The lowest BCUT2D eigenvalue weighted by molar-refractivity contribution is 0.707. The van der Waals surface area contributed by atoms with Crippen LogP contribution in [0.4, 0.5) is 11.5 Å². The largest absolute Gasteiger partial charge is 0.383 e. The van der Waals surface area contributed by atoms with Gasteiger partial charge in [-0.05, 0) is 12.8 Å². The van der Waals surface area contributed by atoms with Crippen molar-refractivity contribution in [2.24, 2.45) is 7.05 Å². The normalized spacial score (nSPS) is 18.6. The highest BCUT2D eigenvalue weighted by Gasteiger charge is 2.30. The summed E-state index contributed by atoms with van der Waals surface area (Å²) in [5.74, 6) is 0.860. The van der Waals surface area contributed by atoms with Gasteiger partial charge in [0.05, 0.1) is 12.2 Å². The third kappa shape index (κ3) is 2.20. The van der Waals surface area contributed by atoms with Gasteiger partial charge in [-0.2, -0.15) is 5.10 Å². The zero-order valence-electron chi connectivity index (χ0n) is 11.5. The molecule has 1 unspecified atom stereocenters. The van der Waals surface area contributed by atoms with E-state index in [1.54, 1.807) is 0 Å². The summed E-state index contributed by atoms with van der Waals surface area (Å²) < 4.78 is 1.83. The van der Waals surface area contributed by atoms with Gasteiger partial charge < -0.3 is 10.2 Å². The van der Waals surface area contributed by atoms with Gasteiger partial charge >= 0.3 is 0 Å². The van der Waals surface area contributed by atoms with Crippen molar-refractivity contribution in [3.05, 3.63) is 29.4 Å². The fraction of sp³-hybridized carbons (Fsp3) is 0.462. The Labute approximate surface area is 122 Å². The Morgan fingerprint density at radius 2 is 2.25 bits per heavy atom. The van der Waals surface area contributed by atoms with Crippen LogP contribution in [0, 0.1) is 0 Å². The molecule has 106 valence electrons. The quantitative estimate of drug-likeness (QED) is 0.879. The van der Waals surface area contributed by atoms with Crippen molar-refractivity contribution < 1.29 is 0 Å². The van der Waals surface area contributed by atoms with E-state index < -0.39 is 0 Å². The molecule has 0 aliphatic carbocycles. The first kappa shape index (κ1) is 13.2. The van der Waals surface area contributed by atoms with Gasteiger partial charge in [0.25, 0.3) is 0 Å². The first-order valence-corrected chi connectivity index (χ1v) is 7.02. The first-order chi connectivity index (χ1) is 9.70. The average molecular weight is 293 g/mol. The SMILES string of the molecule is CNc1c(Cl)ncnc1N1CCCC1c1cnn(C)c1. The van der Waals surface area contributed by atoms with Crippen LogP contribution in [0.15, 0.2) is 18.7 Å². The number of hydrogen-bond acceptors (Lipinski definition) is 5. The molecule has 20 heavy (non-hydrogen) atoms. The van der Waals surface area contributed by atoms with Crippen LogP contribution in [0.5, 0.6) is 0 Å². The minimum absolute atomic E-state index is 0.293. The topological polar surface area (TPSA) is 58.9 Å². The molecule has 1 saturated heterocycles. The van der Waals surface area contributed by atoms with E-state index >= 15 is 0 Å². The highest BCUT2D eigenvalue weighted by atomic mass is 35.5. The second kappa shape index (κ2) is 5.28. The van der Waals surface area contributed by atoms with Gasteiger partial charge in [0.2, 0.25) is 0 Å². The van der Waals surface area contributed by atoms with Crippen LogP contribution < -0.4 is 10.2 Å². The van der Waals surface area contributed by atoms with E-state index in [0.717, 1.165) is 30.9 Å². The number of nitrogens with one attached hydrogen (secondary N) is 1. The van der Waals surface area contributed by atoms with Crippen molar-refractivity contribution in [3.8, 4) is 0 Å². The predicted molar refractivity (Wildman–Crippen MR) is 79.1 cm³/mol. The summed E-state index contributed by atoms with van der Waals surface area (Å²) in [6.45, 7) is 0.960. The van der Waals surface area contributed by atoms with Crippen LogP contribution in [-0.2, 0) is 7.05 Å². The Morgan fingerprint density at radius 1 is 1.40 bits per heavy atom. The molecule has 0 amide bonds. The highest BCUT2D eigenvalue weighted by molar-refractivity contribution is 6.32. The molecule has 1 fully saturated rings. The van der Waals surface area contributed by atoms with E-state index in [1.165, 1.54) is 11.9 Å². The summed E-state index contributed by atoms with van der Waals surface area (Å²) in [6, 6.07) is 0.293. The lowest BCUT2D eigenvalue weighted by Crippen LogP contribution is -2.24. The van der Waals surface area contributed by atoms with Crippen molar-refractivity contribution in [2.75, 3.05) is 23.8 Å². The zero-order valence-corrected chi connectivity index (χ0v) is 12.3. The highest BCUT2D eigenvalue weighted by Crippen LogP contribution is 2.39. The van der Waals surface area contributed by atoms with E-state index in [4.69, 9.17) is 11.6 Å². The number of nitrogens with zero attached hydrogens (tertiary/aromatic N) is 5. The van der Waals surface area contributed by atoms with Crippen molar-refractivity contribution >= 4 is 23.1 Å². The standard InChI is InChI=1S/C13H17ClN6/c1-15-11-12(14)16-8-17-13(11)20-5-3-4-10(20)9-6-18-19(2)7-9/h6-8,10,15H,3-5H2,1-2H3. The molecule has 0 bridgehead atoms. The van der Waals surface area contributed by atoms with Crippen LogP contribution in [0.25, 0.3) is 0 Å². The molecule has 1 atom stereocenters. The number of rotatable bonds is 3. The summed E-state index contributed by atoms with van der Waals surface area (Å²) in [5, 5.41) is 7.82. The van der Waals surface area contributed by atoms with Crippen LogP contribution in [0.1, 0.15) is 24.4 Å². The molecular formula is C13H17ClN6. The molecular weight excluding hydrogens is 276 g/mol. The van der Waals surface area contributed by atoms with Crippen molar-refractivity contribution in [3.63, 3.8) is 0 Å². The van der Waals surface area contributed by atoms with E-state index in [-0.39, 0.29) is 0 Å². The van der Waals surface area contributed by atoms with E-state index in [1.807, 2.05) is 25.0 Å². The van der Waals surface area contributed by atoms with Gasteiger partial charge in [-0.15, -0.1) is 0 Å². The molecule has 6 nitrogen and oxygen atoms in total. The smallest absolute Gasteiger partial charge is 0.157 e. The molecule has 7 heteroatoms. The number of aromatic nitrogens is 4. The van der Waals surface area contributed by atoms with E-state index in [9.17, 15) is 0 Å². The number of anilines is 2. The summed E-state index contributed by atoms with van der Waals surface area (Å²) in [5.41, 5.74) is 1.99. The number of aryl methyl sites for hydroxylation is 1. The van der Waals surface area contributed by atoms with Gasteiger partial charge in [0.15, 0.2) is 11.0 Å². The summed E-state index contributed by atoms with van der Waals surface area (Å²) in [4.78, 5) is 10.7. The van der Waals surface area contributed by atoms with Gasteiger partial charge in [-0.1, -0.05) is 11.6 Å². The molecule has 0 radical (unpaired) electrons. The van der Waals surface area contributed by atoms with Gasteiger partial charge in [0, 0.05) is 32.4 Å². The molecule has 1 aliphatic heterocycles. The Bertz CT molecular complexity index is 611. The third-order valence-electron chi connectivity index (χ3n) is 3.67. The summed E-state index contributed by atoms with van der Waals surface area (Å²) in [6.07, 6.45) is 7.72. The van der Waals surface area contributed by atoms with Crippen molar-refractivity contribution in [2.45, 2.75) is 18.9 Å². The molecule has 1 N–H and O–H groups in total. The Balaban J connectivity index is 1.99. The van der Waals surface area contributed by atoms with Crippen molar-refractivity contribution in [1.82, 2.24) is 19.7 Å². The maximum atomic E-state index is 6.15. The molecule has 3 heterocycles. The minimum atomic E-state index is 0.293. The van der Waals surface area contributed by atoms with Crippen LogP contribution in [0.3, 0.4) is 0 Å². The van der Waals surface area contributed by atoms with Crippen LogP contribution in [-0.4, -0.2) is 33.3 Å². The monoisotopic (exact) mass is 292 g/mol. The van der Waals surface area contributed by atoms with Gasteiger partial charge in [-0.25, -0.2) is 9.97 Å². The maximum Gasteiger partial charge on any atom is 0.157 e. The fourth-order valence-electron chi connectivity index (χ4n) is 2.77.